The summed E-state index contributed by atoms with van der Waals surface area (Å²) in [7, 11) is -8.52. The molecule has 0 amide bonds. The summed E-state index contributed by atoms with van der Waals surface area (Å²) >= 11 is 0. The zero-order chi connectivity index (χ0) is 22.3. The molecule has 2 nitrogen and oxygen atoms in total. The van der Waals surface area contributed by atoms with Crippen LogP contribution in [0.4, 0.5) is 25.2 Å². The third-order valence-electron chi connectivity index (χ3n) is 4.74. The van der Waals surface area contributed by atoms with Gasteiger partial charge in [0.05, 0.1) is 6.67 Å². The molecule has 0 N–H and O–H groups in total. The Morgan fingerprint density at radius 2 is 1.00 bits per heavy atom. The molecule has 0 spiro atoms. The third kappa shape index (κ3) is 29.6. The predicted molar refractivity (Wildman–Crippen MR) is 113 cm³/mol. The molecular weight excluding hydrogens is 413 g/mol. The van der Waals surface area contributed by atoms with Gasteiger partial charge >= 0.3 is 34.4 Å². The van der Waals surface area contributed by atoms with Crippen molar-refractivity contribution >= 4 is 7.81 Å². The summed E-state index contributed by atoms with van der Waals surface area (Å²) in [5.41, 5.74) is 0. The molecule has 1 aliphatic rings. The van der Waals surface area contributed by atoms with Gasteiger partial charge < -0.3 is 9.80 Å². The standard InChI is InChI=1S/C20H40N2.F6P/c1-3-4-5-6-7-8-9-10-11-12-13-14-15-16-17-22-19-18-21(2)20-22;1-7(2,3,4,5)6/h18-19H,3-17,20H2,1-2H3;/q;-1/p+1. The first-order valence-electron chi connectivity index (χ1n) is 11.0. The van der Waals surface area contributed by atoms with Crippen LogP contribution in [0.3, 0.4) is 0 Å². The Morgan fingerprint density at radius 1 is 0.655 bits per heavy atom. The Bertz CT molecular complexity index is 434. The maximum absolute atomic E-state index is 10.7. The predicted octanol–water partition coefficient (Wildman–Crippen LogP) is 9.64. The van der Waals surface area contributed by atoms with Crippen LogP contribution in [0.5, 0.6) is 0 Å². The molecule has 29 heavy (non-hydrogen) atoms. The molecule has 0 aliphatic carbocycles. The van der Waals surface area contributed by atoms with Crippen molar-refractivity contribution in [2.45, 2.75) is 96.8 Å². The Labute approximate surface area is 174 Å². The van der Waals surface area contributed by atoms with Crippen LogP contribution in [0.1, 0.15) is 98.2 Å². The van der Waals surface area contributed by atoms with Crippen molar-refractivity contribution in [1.29, 1.82) is 0 Å². The number of rotatable bonds is 15. The van der Waals surface area contributed by atoms with Gasteiger partial charge in [0.2, 0.25) is 0 Å². The second-order valence-electron chi connectivity index (χ2n) is 8.06. The molecule has 1 aliphatic heterocycles. The van der Waals surface area contributed by atoms with E-state index in [-0.39, 0.29) is 1.43 Å². The first-order valence-corrected chi connectivity index (χ1v) is 13.0. The molecule has 0 aromatic carbocycles. The Morgan fingerprint density at radius 3 is 1.31 bits per heavy atom. The number of unbranched alkanes of at least 4 members (excludes halogenated alkanes) is 13. The molecule has 178 valence electrons. The maximum atomic E-state index is 9.87. The molecule has 0 saturated heterocycles. The minimum absolute atomic E-state index is 0. The van der Waals surface area contributed by atoms with Gasteiger partial charge in [-0.05, 0) is 6.42 Å². The van der Waals surface area contributed by atoms with Crippen LogP contribution in [0.2, 0.25) is 0 Å². The molecular formula is C20H41F6N2P. The fourth-order valence-corrected chi connectivity index (χ4v) is 3.24. The molecule has 0 bridgehead atoms. The first-order chi connectivity index (χ1) is 13.3. The molecule has 1 rings (SSSR count). The largest absolute Gasteiger partial charge is 1.00 e. The number of halogens is 6. The maximum Gasteiger partial charge on any atom is 1.00 e. The van der Waals surface area contributed by atoms with Crippen molar-refractivity contribution in [1.82, 2.24) is 9.80 Å². The summed E-state index contributed by atoms with van der Waals surface area (Å²) < 4.78 is 59.2. The van der Waals surface area contributed by atoms with Gasteiger partial charge in [-0.3, -0.25) is 0 Å². The van der Waals surface area contributed by atoms with E-state index in [2.05, 4.69) is 36.2 Å². The zero-order valence-corrected chi connectivity index (χ0v) is 19.0. The van der Waals surface area contributed by atoms with Crippen LogP contribution >= 0.6 is 7.81 Å². The number of hydrogen-bond acceptors (Lipinski definition) is 2. The Kier molecular flexibility index (Phi) is 12.6. The summed E-state index contributed by atoms with van der Waals surface area (Å²) in [5, 5.41) is 0. The number of nitrogens with zero attached hydrogens (tertiary/aromatic N) is 2. The van der Waals surface area contributed by atoms with E-state index in [0.717, 1.165) is 6.67 Å². The van der Waals surface area contributed by atoms with Gasteiger partial charge in [0.15, 0.2) is 0 Å². The van der Waals surface area contributed by atoms with E-state index in [1.54, 1.807) is 0 Å². The van der Waals surface area contributed by atoms with Gasteiger partial charge in [-0.1, -0.05) is 90.4 Å². The van der Waals surface area contributed by atoms with Crippen LogP contribution in [0.25, 0.3) is 0 Å². The third-order valence-corrected chi connectivity index (χ3v) is 4.74. The summed E-state index contributed by atoms with van der Waals surface area (Å²) in [6, 6.07) is 0. The fraction of sp³-hybridized carbons (Fsp3) is 0.900. The average Bonchev–Trinajstić information content (AvgIpc) is 2.97. The topological polar surface area (TPSA) is 6.48 Å². The van der Waals surface area contributed by atoms with Crippen LogP contribution in [0.15, 0.2) is 12.4 Å². The van der Waals surface area contributed by atoms with Crippen molar-refractivity contribution in [3.05, 3.63) is 12.4 Å². The average molecular weight is 455 g/mol. The SMILES string of the molecule is CCCCCCCCCCCCCCCCN1C=CN(C)C1.F[P-](F)(F)(F)(F)F.[H+]. The van der Waals surface area contributed by atoms with E-state index < -0.39 is 7.81 Å². The molecule has 0 aromatic rings. The van der Waals surface area contributed by atoms with Crippen molar-refractivity contribution in [3.63, 3.8) is 0 Å². The minimum Gasteiger partial charge on any atom is 1.00 e. The minimum atomic E-state index is -10.7. The second-order valence-corrected chi connectivity index (χ2v) is 9.98. The van der Waals surface area contributed by atoms with Crippen molar-refractivity contribution < 1.29 is 26.6 Å². The smallest absolute Gasteiger partial charge is 1.00 e. The van der Waals surface area contributed by atoms with Gasteiger partial charge in [-0.2, -0.15) is 0 Å². The van der Waals surface area contributed by atoms with E-state index in [9.17, 15) is 25.2 Å². The van der Waals surface area contributed by atoms with Gasteiger partial charge in [0.1, 0.15) is 0 Å². The summed E-state index contributed by atoms with van der Waals surface area (Å²) in [6.45, 7) is 4.61. The Hall–Kier alpha value is -0.650. The van der Waals surface area contributed by atoms with Crippen molar-refractivity contribution in [2.24, 2.45) is 0 Å². The molecule has 0 saturated carbocycles. The molecule has 0 aromatic heterocycles. The molecule has 9 heteroatoms. The van der Waals surface area contributed by atoms with Crippen LogP contribution in [0, 0.1) is 0 Å². The monoisotopic (exact) mass is 454 g/mol. The van der Waals surface area contributed by atoms with E-state index in [1.165, 1.54) is 96.4 Å². The van der Waals surface area contributed by atoms with Crippen molar-refractivity contribution in [2.75, 3.05) is 20.3 Å². The quantitative estimate of drug-likeness (QED) is 0.138. The van der Waals surface area contributed by atoms with Gasteiger partial charge in [-0.25, -0.2) is 0 Å². The summed E-state index contributed by atoms with van der Waals surface area (Å²) in [6.07, 6.45) is 24.6. The van der Waals surface area contributed by atoms with Gasteiger partial charge in [0.25, 0.3) is 0 Å². The fourth-order valence-electron chi connectivity index (χ4n) is 3.24. The van der Waals surface area contributed by atoms with Crippen LogP contribution < -0.4 is 0 Å². The van der Waals surface area contributed by atoms with Crippen LogP contribution in [-0.2, 0) is 0 Å². The molecule has 0 atom stereocenters. The normalized spacial score (nSPS) is 16.4. The van der Waals surface area contributed by atoms with E-state index in [4.69, 9.17) is 0 Å². The summed E-state index contributed by atoms with van der Waals surface area (Å²) in [4.78, 5) is 4.66. The Balaban J connectivity index is 0. The molecule has 0 radical (unpaired) electrons. The summed E-state index contributed by atoms with van der Waals surface area (Å²) in [5.74, 6) is 0. The second kappa shape index (κ2) is 12.9. The van der Waals surface area contributed by atoms with E-state index in [1.807, 2.05) is 0 Å². The molecule has 1 heterocycles. The van der Waals surface area contributed by atoms with Gasteiger partial charge in [0, 0.05) is 26.0 Å². The number of hydrogen-bond donors (Lipinski definition) is 0. The zero-order valence-electron chi connectivity index (χ0n) is 19.1. The molecule has 0 unspecified atom stereocenters. The van der Waals surface area contributed by atoms with E-state index in [0.29, 0.717) is 0 Å². The van der Waals surface area contributed by atoms with E-state index >= 15 is 0 Å². The molecule has 0 fully saturated rings. The van der Waals surface area contributed by atoms with Crippen LogP contribution in [-0.4, -0.2) is 30.1 Å². The van der Waals surface area contributed by atoms with Gasteiger partial charge in [-0.15, -0.1) is 0 Å². The first kappa shape index (κ1) is 28.4. The van der Waals surface area contributed by atoms with Crippen molar-refractivity contribution in [3.8, 4) is 0 Å².